The molecule has 3 rings (SSSR count). The number of fused-ring (bicyclic) bond motifs is 2. The maximum atomic E-state index is 5.82. The Balaban J connectivity index is 1.63. The third-order valence-electron chi connectivity index (χ3n) is 5.75. The summed E-state index contributed by atoms with van der Waals surface area (Å²) >= 11 is 0. The Morgan fingerprint density at radius 1 is 1.25 bits per heavy atom. The van der Waals surface area contributed by atoms with Gasteiger partial charge in [-0.15, -0.1) is 0 Å². The molecule has 4 heteroatoms. The lowest BCUT2D eigenvalue weighted by atomic mass is 9.81. The van der Waals surface area contributed by atoms with Crippen LogP contribution in [0.1, 0.15) is 32.1 Å². The number of likely N-dealkylation sites (tertiary alicyclic amines) is 1. The summed E-state index contributed by atoms with van der Waals surface area (Å²) in [5.41, 5.74) is 0.342. The highest BCUT2D eigenvalue weighted by Gasteiger charge is 2.39. The van der Waals surface area contributed by atoms with E-state index in [9.17, 15) is 0 Å². The molecule has 2 bridgehead atoms. The van der Waals surface area contributed by atoms with E-state index in [0.29, 0.717) is 5.41 Å². The van der Waals surface area contributed by atoms with Gasteiger partial charge in [0.05, 0.1) is 6.61 Å². The molecular formula is C16H31N3O. The van der Waals surface area contributed by atoms with Crippen molar-refractivity contribution in [1.29, 1.82) is 0 Å². The Morgan fingerprint density at radius 3 is 2.85 bits per heavy atom. The van der Waals surface area contributed by atoms with Crippen molar-refractivity contribution in [3.63, 3.8) is 0 Å². The van der Waals surface area contributed by atoms with Crippen LogP contribution in [-0.2, 0) is 4.74 Å². The van der Waals surface area contributed by atoms with E-state index in [2.05, 4.69) is 29.2 Å². The zero-order valence-electron chi connectivity index (χ0n) is 13.2. The summed E-state index contributed by atoms with van der Waals surface area (Å²) in [7, 11) is 4.41. The first-order valence-corrected chi connectivity index (χ1v) is 8.39. The van der Waals surface area contributed by atoms with Crippen LogP contribution in [0.4, 0.5) is 0 Å². The van der Waals surface area contributed by atoms with Crippen molar-refractivity contribution in [2.75, 3.05) is 53.5 Å². The second kappa shape index (κ2) is 6.30. The highest BCUT2D eigenvalue weighted by molar-refractivity contribution is 4.94. The highest BCUT2D eigenvalue weighted by atomic mass is 16.5. The number of hydrogen-bond acceptors (Lipinski definition) is 4. The van der Waals surface area contributed by atoms with Crippen molar-refractivity contribution in [3.05, 3.63) is 0 Å². The summed E-state index contributed by atoms with van der Waals surface area (Å²) < 4.78 is 5.82. The molecule has 116 valence electrons. The summed E-state index contributed by atoms with van der Waals surface area (Å²) in [5, 5.41) is 3.41. The predicted molar refractivity (Wildman–Crippen MR) is 82.0 cm³/mol. The number of nitrogens with one attached hydrogen (secondary N) is 1. The molecule has 0 saturated carbocycles. The van der Waals surface area contributed by atoms with Crippen molar-refractivity contribution in [1.82, 2.24) is 15.1 Å². The minimum atomic E-state index is 0.342. The first kappa shape index (κ1) is 14.8. The molecule has 0 amide bonds. The van der Waals surface area contributed by atoms with E-state index in [1.54, 1.807) is 0 Å². The van der Waals surface area contributed by atoms with Crippen LogP contribution in [0.3, 0.4) is 0 Å². The molecule has 0 aromatic heterocycles. The molecule has 4 nitrogen and oxygen atoms in total. The summed E-state index contributed by atoms with van der Waals surface area (Å²) in [6.45, 7) is 6.74. The maximum absolute atomic E-state index is 5.82. The molecule has 0 spiro atoms. The fourth-order valence-corrected chi connectivity index (χ4v) is 4.60. The zero-order chi connectivity index (χ0) is 14.0. The fraction of sp³-hybridized carbons (Fsp3) is 1.00. The van der Waals surface area contributed by atoms with Gasteiger partial charge in [0.2, 0.25) is 0 Å². The molecule has 3 fully saturated rings. The number of nitrogens with zero attached hydrogens (tertiary/aromatic N) is 2. The zero-order valence-corrected chi connectivity index (χ0v) is 13.2. The van der Waals surface area contributed by atoms with Crippen LogP contribution in [0.25, 0.3) is 0 Å². The van der Waals surface area contributed by atoms with E-state index in [1.807, 2.05) is 0 Å². The number of likely N-dealkylation sites (N-methyl/N-ethyl adjacent to an activating group) is 1. The number of ether oxygens (including phenoxy) is 1. The van der Waals surface area contributed by atoms with Gasteiger partial charge in [0, 0.05) is 43.7 Å². The van der Waals surface area contributed by atoms with E-state index in [1.165, 1.54) is 51.7 Å². The van der Waals surface area contributed by atoms with Gasteiger partial charge in [-0.1, -0.05) is 0 Å². The van der Waals surface area contributed by atoms with Crippen molar-refractivity contribution >= 4 is 0 Å². The van der Waals surface area contributed by atoms with E-state index in [4.69, 9.17) is 4.74 Å². The quantitative estimate of drug-likeness (QED) is 0.837. The van der Waals surface area contributed by atoms with Crippen molar-refractivity contribution < 1.29 is 4.74 Å². The van der Waals surface area contributed by atoms with E-state index >= 15 is 0 Å². The average molecular weight is 281 g/mol. The lowest BCUT2D eigenvalue weighted by Gasteiger charge is -2.41. The van der Waals surface area contributed by atoms with Gasteiger partial charge in [-0.25, -0.2) is 0 Å². The molecule has 3 aliphatic rings. The minimum absolute atomic E-state index is 0.342. The molecule has 0 radical (unpaired) electrons. The minimum Gasteiger partial charge on any atom is -0.381 e. The lowest BCUT2D eigenvalue weighted by Crippen LogP contribution is -2.50. The van der Waals surface area contributed by atoms with Gasteiger partial charge >= 0.3 is 0 Å². The Kier molecular flexibility index (Phi) is 4.65. The molecule has 0 aliphatic carbocycles. The van der Waals surface area contributed by atoms with Gasteiger partial charge in [0.15, 0.2) is 0 Å². The van der Waals surface area contributed by atoms with Crippen LogP contribution in [-0.4, -0.2) is 75.4 Å². The summed E-state index contributed by atoms with van der Waals surface area (Å²) in [6.07, 6.45) is 6.70. The first-order valence-electron chi connectivity index (χ1n) is 8.39. The third-order valence-corrected chi connectivity index (χ3v) is 5.75. The highest BCUT2D eigenvalue weighted by Crippen LogP contribution is 2.33. The summed E-state index contributed by atoms with van der Waals surface area (Å²) in [5.74, 6) is 0. The second-order valence-electron chi connectivity index (χ2n) is 7.26. The molecule has 3 saturated heterocycles. The van der Waals surface area contributed by atoms with Gasteiger partial charge < -0.3 is 15.0 Å². The fourth-order valence-electron chi connectivity index (χ4n) is 4.60. The van der Waals surface area contributed by atoms with Gasteiger partial charge in [-0.2, -0.15) is 0 Å². The third kappa shape index (κ3) is 3.03. The molecule has 1 N–H and O–H groups in total. The van der Waals surface area contributed by atoms with Crippen LogP contribution >= 0.6 is 0 Å². The smallest absolute Gasteiger partial charge is 0.0546 e. The Hall–Kier alpha value is -0.160. The first-order chi connectivity index (χ1) is 9.72. The Labute approximate surface area is 123 Å². The maximum Gasteiger partial charge on any atom is 0.0546 e. The molecule has 3 unspecified atom stereocenters. The van der Waals surface area contributed by atoms with Crippen molar-refractivity contribution in [2.45, 2.75) is 44.2 Å². The molecule has 3 heterocycles. The average Bonchev–Trinajstić information content (AvgIpc) is 2.69. The van der Waals surface area contributed by atoms with Crippen LogP contribution in [0.15, 0.2) is 0 Å². The van der Waals surface area contributed by atoms with E-state index in [-0.39, 0.29) is 0 Å². The van der Waals surface area contributed by atoms with Gasteiger partial charge in [-0.3, -0.25) is 4.90 Å². The monoisotopic (exact) mass is 281 g/mol. The summed E-state index contributed by atoms with van der Waals surface area (Å²) in [6, 6.07) is 1.63. The van der Waals surface area contributed by atoms with Gasteiger partial charge in [0.25, 0.3) is 0 Å². The second-order valence-corrected chi connectivity index (χ2v) is 7.26. The van der Waals surface area contributed by atoms with E-state index in [0.717, 1.165) is 31.8 Å². The Morgan fingerprint density at radius 2 is 2.10 bits per heavy atom. The van der Waals surface area contributed by atoms with Crippen molar-refractivity contribution in [3.8, 4) is 0 Å². The normalized spacial score (nSPS) is 39.9. The molecule has 0 aromatic carbocycles. The topological polar surface area (TPSA) is 27.7 Å². The van der Waals surface area contributed by atoms with Gasteiger partial charge in [0.1, 0.15) is 0 Å². The lowest BCUT2D eigenvalue weighted by molar-refractivity contribution is -0.0263. The van der Waals surface area contributed by atoms with Crippen LogP contribution in [0, 0.1) is 5.41 Å². The van der Waals surface area contributed by atoms with Crippen LogP contribution in [0.5, 0.6) is 0 Å². The standard InChI is InChI=1S/C16H31N3O/c1-17-11-16(7-3-9-20-13-16)12-19-8-6-14-4-5-15(10-19)18(14)2/h14-15,17H,3-13H2,1-2H3. The number of hydrogen-bond donors (Lipinski definition) is 1. The summed E-state index contributed by atoms with van der Waals surface area (Å²) in [4.78, 5) is 5.37. The van der Waals surface area contributed by atoms with E-state index < -0.39 is 0 Å². The van der Waals surface area contributed by atoms with Crippen LogP contribution < -0.4 is 5.32 Å². The molecule has 3 aliphatic heterocycles. The van der Waals surface area contributed by atoms with Crippen molar-refractivity contribution in [2.24, 2.45) is 5.41 Å². The van der Waals surface area contributed by atoms with Gasteiger partial charge in [-0.05, 0) is 52.7 Å². The molecule has 3 atom stereocenters. The molecular weight excluding hydrogens is 250 g/mol. The Bertz CT molecular complexity index is 311. The molecule has 0 aromatic rings. The van der Waals surface area contributed by atoms with Crippen LogP contribution in [0.2, 0.25) is 0 Å². The predicted octanol–water partition coefficient (Wildman–Crippen LogP) is 1.17. The SMILES string of the molecule is CNCC1(CN2CCC3CCC(C2)N3C)CCCOC1. The number of rotatable bonds is 4. The molecule has 20 heavy (non-hydrogen) atoms. The largest absolute Gasteiger partial charge is 0.381 e.